The Balaban J connectivity index is 2.21. The minimum atomic E-state index is -0.896. The predicted molar refractivity (Wildman–Crippen MR) is 55.0 cm³/mol. The van der Waals surface area contributed by atoms with Gasteiger partial charge in [0.1, 0.15) is 5.56 Å². The Hall–Kier alpha value is -1.36. The number of H-pyrrole nitrogens is 1. The highest BCUT2D eigenvalue weighted by atomic mass is 16.4. The minimum Gasteiger partial charge on any atom is -0.478 e. The number of aromatic carboxylic acids is 1. The van der Waals surface area contributed by atoms with Crippen molar-refractivity contribution in [3.63, 3.8) is 0 Å². The van der Waals surface area contributed by atoms with Gasteiger partial charge < -0.3 is 10.0 Å². The Morgan fingerprint density at radius 1 is 1.73 bits per heavy atom. The second-order valence-corrected chi connectivity index (χ2v) is 4.10. The number of carbonyl (C=O) groups is 1. The van der Waals surface area contributed by atoms with Crippen LogP contribution in [0.4, 0.5) is 0 Å². The molecule has 1 saturated heterocycles. The van der Waals surface area contributed by atoms with Crippen molar-refractivity contribution in [2.45, 2.75) is 18.8 Å². The number of aromatic amines is 1. The summed E-state index contributed by atoms with van der Waals surface area (Å²) in [6, 6.07) is 0. The molecule has 0 radical (unpaired) electrons. The molecule has 1 aromatic heterocycles. The molecule has 1 aliphatic heterocycles. The Morgan fingerprint density at radius 2 is 2.53 bits per heavy atom. The lowest BCUT2D eigenvalue weighted by Gasteiger charge is -2.29. The van der Waals surface area contributed by atoms with Gasteiger partial charge in [0, 0.05) is 12.5 Å². The van der Waals surface area contributed by atoms with Crippen molar-refractivity contribution in [1.82, 2.24) is 15.1 Å². The van der Waals surface area contributed by atoms with Crippen molar-refractivity contribution in [3.05, 3.63) is 17.5 Å². The van der Waals surface area contributed by atoms with Gasteiger partial charge in [0.05, 0.1) is 11.9 Å². The molecule has 1 unspecified atom stereocenters. The normalized spacial score (nSPS) is 22.9. The molecule has 5 heteroatoms. The molecule has 5 nitrogen and oxygen atoms in total. The van der Waals surface area contributed by atoms with Crippen LogP contribution in [0.25, 0.3) is 0 Å². The van der Waals surface area contributed by atoms with E-state index in [9.17, 15) is 4.79 Å². The topological polar surface area (TPSA) is 69.2 Å². The Morgan fingerprint density at radius 3 is 3.20 bits per heavy atom. The van der Waals surface area contributed by atoms with Crippen molar-refractivity contribution >= 4 is 5.97 Å². The van der Waals surface area contributed by atoms with Crippen LogP contribution in [-0.4, -0.2) is 46.3 Å². The van der Waals surface area contributed by atoms with Crippen molar-refractivity contribution in [2.75, 3.05) is 20.1 Å². The second-order valence-electron chi connectivity index (χ2n) is 4.10. The molecule has 1 fully saturated rings. The number of nitrogens with one attached hydrogen (secondary N) is 1. The maximum atomic E-state index is 10.9. The number of carboxylic acid groups (broad SMARTS) is 1. The minimum absolute atomic E-state index is 0.275. The van der Waals surface area contributed by atoms with E-state index < -0.39 is 5.97 Å². The van der Waals surface area contributed by atoms with E-state index in [1.807, 2.05) is 0 Å². The maximum Gasteiger partial charge on any atom is 0.339 e. The lowest BCUT2D eigenvalue weighted by molar-refractivity contribution is 0.0694. The summed E-state index contributed by atoms with van der Waals surface area (Å²) in [6.45, 7) is 2.00. The molecule has 0 amide bonds. The van der Waals surface area contributed by atoms with E-state index in [1.165, 1.54) is 6.20 Å². The molecule has 82 valence electrons. The lowest BCUT2D eigenvalue weighted by Crippen LogP contribution is -2.31. The van der Waals surface area contributed by atoms with E-state index in [0.29, 0.717) is 5.56 Å². The molecule has 1 atom stereocenters. The smallest absolute Gasteiger partial charge is 0.339 e. The first-order valence-electron chi connectivity index (χ1n) is 5.13. The molecule has 1 aromatic rings. The van der Waals surface area contributed by atoms with Gasteiger partial charge in [-0.3, -0.25) is 5.10 Å². The number of carboxylic acids is 1. The SMILES string of the molecule is CN1CCCC(c2[nH]ncc2C(=O)O)C1. The summed E-state index contributed by atoms with van der Waals surface area (Å²) >= 11 is 0. The molecule has 2 rings (SSSR count). The van der Waals surface area contributed by atoms with Gasteiger partial charge in [-0.15, -0.1) is 0 Å². The third kappa shape index (κ3) is 2.02. The van der Waals surface area contributed by atoms with Crippen LogP contribution in [0, 0.1) is 0 Å². The number of hydrogen-bond donors (Lipinski definition) is 2. The standard InChI is InChI=1S/C10H15N3O2/c1-13-4-2-3-7(6-13)9-8(10(14)15)5-11-12-9/h5,7H,2-4,6H2,1H3,(H,11,12)(H,14,15). The van der Waals surface area contributed by atoms with Gasteiger partial charge in [-0.25, -0.2) is 4.79 Å². The Labute approximate surface area is 88.1 Å². The van der Waals surface area contributed by atoms with Gasteiger partial charge in [-0.05, 0) is 26.4 Å². The van der Waals surface area contributed by atoms with Crippen molar-refractivity contribution in [3.8, 4) is 0 Å². The Kier molecular flexibility index (Phi) is 2.73. The van der Waals surface area contributed by atoms with E-state index in [2.05, 4.69) is 22.1 Å². The molecule has 0 aliphatic carbocycles. The fraction of sp³-hybridized carbons (Fsp3) is 0.600. The molecule has 0 bridgehead atoms. The molecule has 2 N–H and O–H groups in total. The van der Waals surface area contributed by atoms with Crippen LogP contribution >= 0.6 is 0 Å². The van der Waals surface area contributed by atoms with Crippen LogP contribution in [0.15, 0.2) is 6.20 Å². The van der Waals surface area contributed by atoms with E-state index in [4.69, 9.17) is 5.11 Å². The first kappa shape index (κ1) is 10.2. The average molecular weight is 209 g/mol. The van der Waals surface area contributed by atoms with Gasteiger partial charge in [0.25, 0.3) is 0 Å². The third-order valence-corrected chi connectivity index (χ3v) is 2.93. The predicted octanol–water partition coefficient (Wildman–Crippen LogP) is 0.917. The molecule has 2 heterocycles. The molecule has 0 spiro atoms. The van der Waals surface area contributed by atoms with Crippen LogP contribution < -0.4 is 0 Å². The highest BCUT2D eigenvalue weighted by molar-refractivity contribution is 5.88. The number of likely N-dealkylation sites (tertiary alicyclic amines) is 1. The third-order valence-electron chi connectivity index (χ3n) is 2.93. The van der Waals surface area contributed by atoms with Crippen molar-refractivity contribution in [1.29, 1.82) is 0 Å². The molecule has 0 aromatic carbocycles. The summed E-state index contributed by atoms with van der Waals surface area (Å²) in [6.07, 6.45) is 3.54. The van der Waals surface area contributed by atoms with Crippen LogP contribution in [0.5, 0.6) is 0 Å². The first-order chi connectivity index (χ1) is 7.18. The largest absolute Gasteiger partial charge is 0.478 e. The molecule has 15 heavy (non-hydrogen) atoms. The maximum absolute atomic E-state index is 10.9. The number of aromatic nitrogens is 2. The van der Waals surface area contributed by atoms with Gasteiger partial charge in [0.15, 0.2) is 0 Å². The second kappa shape index (κ2) is 4.02. The van der Waals surface area contributed by atoms with E-state index in [0.717, 1.165) is 31.6 Å². The van der Waals surface area contributed by atoms with E-state index in [1.54, 1.807) is 0 Å². The summed E-state index contributed by atoms with van der Waals surface area (Å²) in [4.78, 5) is 13.2. The summed E-state index contributed by atoms with van der Waals surface area (Å²) in [7, 11) is 2.06. The summed E-state index contributed by atoms with van der Waals surface area (Å²) in [5.74, 6) is -0.621. The number of nitrogens with zero attached hydrogens (tertiary/aromatic N) is 2. The average Bonchev–Trinajstić information content (AvgIpc) is 2.65. The molecule has 1 aliphatic rings. The zero-order chi connectivity index (χ0) is 10.8. The van der Waals surface area contributed by atoms with Crippen LogP contribution in [0.2, 0.25) is 0 Å². The van der Waals surface area contributed by atoms with E-state index in [-0.39, 0.29) is 5.92 Å². The summed E-state index contributed by atoms with van der Waals surface area (Å²) in [5, 5.41) is 15.6. The van der Waals surface area contributed by atoms with Crippen LogP contribution in [0.3, 0.4) is 0 Å². The highest BCUT2D eigenvalue weighted by Crippen LogP contribution is 2.26. The van der Waals surface area contributed by atoms with Crippen molar-refractivity contribution < 1.29 is 9.90 Å². The zero-order valence-electron chi connectivity index (χ0n) is 8.73. The number of hydrogen-bond acceptors (Lipinski definition) is 3. The van der Waals surface area contributed by atoms with Crippen molar-refractivity contribution in [2.24, 2.45) is 0 Å². The zero-order valence-corrected chi connectivity index (χ0v) is 8.73. The monoisotopic (exact) mass is 209 g/mol. The summed E-state index contributed by atoms with van der Waals surface area (Å²) in [5.41, 5.74) is 1.09. The van der Waals surface area contributed by atoms with Gasteiger partial charge in [-0.1, -0.05) is 0 Å². The highest BCUT2D eigenvalue weighted by Gasteiger charge is 2.24. The fourth-order valence-corrected chi connectivity index (χ4v) is 2.18. The molecular formula is C10H15N3O2. The quantitative estimate of drug-likeness (QED) is 0.759. The molecular weight excluding hydrogens is 194 g/mol. The van der Waals surface area contributed by atoms with Gasteiger partial charge in [-0.2, -0.15) is 5.10 Å². The number of rotatable bonds is 2. The van der Waals surface area contributed by atoms with Crippen LogP contribution in [0.1, 0.15) is 34.8 Å². The van der Waals surface area contributed by atoms with E-state index >= 15 is 0 Å². The summed E-state index contributed by atoms with van der Waals surface area (Å²) < 4.78 is 0. The Bertz CT molecular complexity index is 361. The van der Waals surface area contributed by atoms with Gasteiger partial charge in [0.2, 0.25) is 0 Å². The number of piperidine rings is 1. The van der Waals surface area contributed by atoms with Gasteiger partial charge >= 0.3 is 5.97 Å². The number of likely N-dealkylation sites (N-methyl/N-ethyl adjacent to an activating group) is 1. The first-order valence-corrected chi connectivity index (χ1v) is 5.13. The fourth-order valence-electron chi connectivity index (χ4n) is 2.18. The molecule has 0 saturated carbocycles. The van der Waals surface area contributed by atoms with Crippen LogP contribution in [-0.2, 0) is 0 Å². The lowest BCUT2D eigenvalue weighted by atomic mass is 9.93.